The molecule has 0 spiro atoms. The number of furan rings is 1. The van der Waals surface area contributed by atoms with Crippen LogP contribution >= 0.6 is 11.3 Å². The summed E-state index contributed by atoms with van der Waals surface area (Å²) < 4.78 is 17.4. The van der Waals surface area contributed by atoms with E-state index < -0.39 is 0 Å². The van der Waals surface area contributed by atoms with Crippen molar-refractivity contribution in [1.82, 2.24) is 9.80 Å². The van der Waals surface area contributed by atoms with Gasteiger partial charge in [-0.1, -0.05) is 17.7 Å². The summed E-state index contributed by atoms with van der Waals surface area (Å²) in [6.07, 6.45) is 4.06. The summed E-state index contributed by atoms with van der Waals surface area (Å²) in [5.41, 5.74) is 3.38. The van der Waals surface area contributed by atoms with Gasteiger partial charge in [0.15, 0.2) is 5.76 Å². The molecule has 0 N–H and O–H groups in total. The second kappa shape index (κ2) is 10.9. The van der Waals surface area contributed by atoms with E-state index in [1.165, 1.54) is 16.7 Å². The molecule has 2 aliphatic rings. The fraction of sp³-hybridized carbons (Fsp3) is 0.429. The summed E-state index contributed by atoms with van der Waals surface area (Å²) in [6.45, 7) is 6.07. The van der Waals surface area contributed by atoms with Gasteiger partial charge in [-0.05, 0) is 73.9 Å². The summed E-state index contributed by atoms with van der Waals surface area (Å²) >= 11 is 1.72. The molecule has 1 aromatic carbocycles. The molecule has 2 aromatic heterocycles. The Morgan fingerprint density at radius 1 is 1.22 bits per heavy atom. The van der Waals surface area contributed by atoms with Crippen molar-refractivity contribution in [2.24, 2.45) is 0 Å². The standard InChI is InChI=1S/C28H32N2O5S/c1-19-7-8-24(20(2)15-19)35-18-23-22-10-14-36-26(22)9-11-30(23)27(31)17-29(16-21-5-3-12-33-21)28(32)25-6-4-13-34-25/h4,6-8,10,13-15,21,23H,3,5,9,11-12,16-18H2,1-2H3/t21-,23-/m1/s1. The zero-order chi connectivity index (χ0) is 25.1. The fourth-order valence-electron chi connectivity index (χ4n) is 5.07. The molecule has 1 fully saturated rings. The van der Waals surface area contributed by atoms with Crippen molar-refractivity contribution < 1.29 is 23.5 Å². The van der Waals surface area contributed by atoms with Crippen molar-refractivity contribution in [3.05, 3.63) is 75.4 Å². The van der Waals surface area contributed by atoms with Gasteiger partial charge >= 0.3 is 0 Å². The highest BCUT2D eigenvalue weighted by atomic mass is 32.1. The summed E-state index contributed by atoms with van der Waals surface area (Å²) in [5, 5.41) is 2.08. The van der Waals surface area contributed by atoms with E-state index in [9.17, 15) is 9.59 Å². The number of aryl methyl sites for hydroxylation is 2. The highest BCUT2D eigenvalue weighted by Crippen LogP contribution is 2.34. The quantitative estimate of drug-likeness (QED) is 0.438. The first-order valence-corrected chi connectivity index (χ1v) is 13.4. The molecule has 0 aliphatic carbocycles. The van der Waals surface area contributed by atoms with E-state index in [0.717, 1.165) is 36.1 Å². The highest BCUT2D eigenvalue weighted by molar-refractivity contribution is 7.10. The summed E-state index contributed by atoms with van der Waals surface area (Å²) in [7, 11) is 0. The van der Waals surface area contributed by atoms with Gasteiger partial charge in [-0.2, -0.15) is 0 Å². The summed E-state index contributed by atoms with van der Waals surface area (Å²) in [5.74, 6) is 0.664. The van der Waals surface area contributed by atoms with Crippen LogP contribution in [0.15, 0.2) is 52.5 Å². The van der Waals surface area contributed by atoms with Crippen LogP contribution in [-0.2, 0) is 16.0 Å². The van der Waals surface area contributed by atoms with Crippen LogP contribution in [0.1, 0.15) is 51.0 Å². The van der Waals surface area contributed by atoms with E-state index in [1.807, 2.05) is 24.0 Å². The molecule has 7 nitrogen and oxygen atoms in total. The maximum Gasteiger partial charge on any atom is 0.290 e. The Hall–Kier alpha value is -3.10. The van der Waals surface area contributed by atoms with E-state index in [4.69, 9.17) is 13.9 Å². The first kappa shape index (κ1) is 24.6. The third kappa shape index (κ3) is 5.34. The summed E-state index contributed by atoms with van der Waals surface area (Å²) in [4.78, 5) is 31.7. The van der Waals surface area contributed by atoms with Crippen molar-refractivity contribution in [3.63, 3.8) is 0 Å². The number of rotatable bonds is 8. The third-order valence-electron chi connectivity index (χ3n) is 6.94. The number of carbonyl (C=O) groups excluding carboxylic acids is 2. The van der Waals surface area contributed by atoms with Gasteiger partial charge in [-0.25, -0.2) is 0 Å². The largest absolute Gasteiger partial charge is 0.491 e. The number of hydrogen-bond donors (Lipinski definition) is 0. The van der Waals surface area contributed by atoms with Crippen LogP contribution in [0.3, 0.4) is 0 Å². The normalized spacial score (nSPS) is 19.2. The lowest BCUT2D eigenvalue weighted by molar-refractivity contribution is -0.135. The number of hydrogen-bond acceptors (Lipinski definition) is 6. The number of thiophene rings is 1. The molecule has 0 bridgehead atoms. The first-order valence-electron chi connectivity index (χ1n) is 12.5. The molecule has 3 aromatic rings. The number of nitrogens with zero attached hydrogens (tertiary/aromatic N) is 2. The zero-order valence-electron chi connectivity index (χ0n) is 20.8. The second-order valence-electron chi connectivity index (χ2n) is 9.53. The lowest BCUT2D eigenvalue weighted by atomic mass is 10.00. The van der Waals surface area contributed by atoms with Crippen LogP contribution in [-0.4, -0.2) is 60.6 Å². The predicted octanol–water partition coefficient (Wildman–Crippen LogP) is 4.78. The molecule has 2 aliphatic heterocycles. The molecule has 0 radical (unpaired) electrons. The van der Waals surface area contributed by atoms with Crippen molar-refractivity contribution >= 4 is 23.2 Å². The third-order valence-corrected chi connectivity index (χ3v) is 7.93. The molecule has 2 amide bonds. The van der Waals surface area contributed by atoms with E-state index >= 15 is 0 Å². The second-order valence-corrected chi connectivity index (χ2v) is 10.5. The van der Waals surface area contributed by atoms with Crippen LogP contribution < -0.4 is 4.74 Å². The molecular formula is C28H32N2O5S. The average Bonchev–Trinajstić information content (AvgIpc) is 3.65. The molecular weight excluding hydrogens is 476 g/mol. The number of amides is 2. The number of fused-ring (bicyclic) bond motifs is 1. The van der Waals surface area contributed by atoms with Gasteiger partial charge in [-0.3, -0.25) is 9.59 Å². The molecule has 1 saturated heterocycles. The maximum absolute atomic E-state index is 13.7. The Morgan fingerprint density at radius 3 is 2.86 bits per heavy atom. The van der Waals surface area contributed by atoms with Gasteiger partial charge in [0.1, 0.15) is 18.9 Å². The average molecular weight is 509 g/mol. The molecule has 2 atom stereocenters. The van der Waals surface area contributed by atoms with Gasteiger partial charge in [-0.15, -0.1) is 11.3 Å². The number of ether oxygens (including phenoxy) is 2. The molecule has 190 valence electrons. The summed E-state index contributed by atoms with van der Waals surface area (Å²) in [6, 6.07) is 11.3. The van der Waals surface area contributed by atoms with Gasteiger partial charge in [0, 0.05) is 24.6 Å². The van der Waals surface area contributed by atoms with Crippen molar-refractivity contribution in [2.75, 3.05) is 32.8 Å². The minimum atomic E-state index is -0.292. The van der Waals surface area contributed by atoms with Crippen molar-refractivity contribution in [3.8, 4) is 5.75 Å². The van der Waals surface area contributed by atoms with Crippen LogP contribution in [0.2, 0.25) is 0 Å². The zero-order valence-corrected chi connectivity index (χ0v) is 21.6. The molecule has 36 heavy (non-hydrogen) atoms. The van der Waals surface area contributed by atoms with Crippen LogP contribution in [0.25, 0.3) is 0 Å². The Labute approximate surface area is 215 Å². The molecule has 4 heterocycles. The topological polar surface area (TPSA) is 72.2 Å². The minimum Gasteiger partial charge on any atom is -0.491 e. The molecule has 8 heteroatoms. The Kier molecular flexibility index (Phi) is 7.43. The Bertz CT molecular complexity index is 1200. The van der Waals surface area contributed by atoms with Gasteiger partial charge < -0.3 is 23.7 Å². The monoisotopic (exact) mass is 508 g/mol. The van der Waals surface area contributed by atoms with Crippen molar-refractivity contribution in [2.45, 2.75) is 45.3 Å². The molecule has 0 unspecified atom stereocenters. The lowest BCUT2D eigenvalue weighted by Gasteiger charge is -2.37. The minimum absolute atomic E-state index is 0.0288. The SMILES string of the molecule is Cc1ccc(OC[C@@H]2c3ccsc3CCN2C(=O)CN(C[C@H]2CCCO2)C(=O)c2ccco2)c(C)c1. The fourth-order valence-corrected chi connectivity index (χ4v) is 6.00. The molecule has 5 rings (SSSR count). The van der Waals surface area contributed by atoms with E-state index in [-0.39, 0.29) is 36.3 Å². The van der Waals surface area contributed by atoms with E-state index in [0.29, 0.717) is 26.3 Å². The predicted molar refractivity (Wildman–Crippen MR) is 137 cm³/mol. The number of carbonyl (C=O) groups is 2. The van der Waals surface area contributed by atoms with Crippen LogP contribution in [0.5, 0.6) is 5.75 Å². The highest BCUT2D eigenvalue weighted by Gasteiger charge is 2.35. The lowest BCUT2D eigenvalue weighted by Crippen LogP contribution is -2.49. The van der Waals surface area contributed by atoms with E-state index in [1.54, 1.807) is 28.4 Å². The van der Waals surface area contributed by atoms with E-state index in [2.05, 4.69) is 24.4 Å². The Balaban J connectivity index is 1.34. The van der Waals surface area contributed by atoms with Crippen molar-refractivity contribution in [1.29, 1.82) is 0 Å². The van der Waals surface area contributed by atoms with Crippen LogP contribution in [0, 0.1) is 13.8 Å². The Morgan fingerprint density at radius 2 is 2.11 bits per heavy atom. The smallest absolute Gasteiger partial charge is 0.290 e. The van der Waals surface area contributed by atoms with Gasteiger partial charge in [0.25, 0.3) is 5.91 Å². The van der Waals surface area contributed by atoms with Crippen LogP contribution in [0.4, 0.5) is 0 Å². The van der Waals surface area contributed by atoms with Gasteiger partial charge in [0.2, 0.25) is 5.91 Å². The number of benzene rings is 1. The van der Waals surface area contributed by atoms with Gasteiger partial charge in [0.05, 0.1) is 18.4 Å². The maximum atomic E-state index is 13.7. The first-order chi connectivity index (χ1) is 17.5. The molecule has 0 saturated carbocycles.